The quantitative estimate of drug-likeness (QED) is 0.216. The van der Waals surface area contributed by atoms with Crippen molar-refractivity contribution in [1.82, 2.24) is 0 Å². The molecule has 2 unspecified atom stereocenters. The van der Waals surface area contributed by atoms with Gasteiger partial charge in [-0.1, -0.05) is 85.5 Å². The van der Waals surface area contributed by atoms with Crippen molar-refractivity contribution in [2.24, 2.45) is 17.6 Å². The summed E-state index contributed by atoms with van der Waals surface area (Å²) in [6, 6.07) is 2.17. The topological polar surface area (TPSA) is 52.3 Å². The number of thiophene rings is 1. The SMILES string of the molecule is CCCCCCCCC(C)C(N)(OC(=O)C1CCCCC1)c1cc(C(C)C)cs1. The summed E-state index contributed by atoms with van der Waals surface area (Å²) in [7, 11) is 0. The van der Waals surface area contributed by atoms with E-state index in [-0.39, 0.29) is 17.8 Å². The molecule has 0 amide bonds. The van der Waals surface area contributed by atoms with Gasteiger partial charge in [0, 0.05) is 5.92 Å². The molecule has 1 aromatic rings. The Labute approximate surface area is 182 Å². The predicted molar refractivity (Wildman–Crippen MR) is 124 cm³/mol. The summed E-state index contributed by atoms with van der Waals surface area (Å²) in [6.45, 7) is 8.79. The van der Waals surface area contributed by atoms with Crippen LogP contribution >= 0.6 is 11.3 Å². The van der Waals surface area contributed by atoms with Crippen molar-refractivity contribution >= 4 is 17.3 Å². The Bertz CT molecular complexity index is 606. The van der Waals surface area contributed by atoms with Crippen molar-refractivity contribution in [2.75, 3.05) is 0 Å². The summed E-state index contributed by atoms with van der Waals surface area (Å²) in [4.78, 5) is 14.0. The van der Waals surface area contributed by atoms with Crippen LogP contribution in [0.4, 0.5) is 0 Å². The number of rotatable bonds is 12. The third kappa shape index (κ3) is 7.10. The van der Waals surface area contributed by atoms with Crippen LogP contribution in [0.2, 0.25) is 0 Å². The molecule has 1 aliphatic rings. The smallest absolute Gasteiger partial charge is 0.310 e. The Balaban J connectivity index is 2.07. The molecule has 166 valence electrons. The van der Waals surface area contributed by atoms with Gasteiger partial charge in [-0.05, 0) is 42.2 Å². The zero-order valence-corrected chi connectivity index (χ0v) is 20.0. The van der Waals surface area contributed by atoms with Crippen LogP contribution in [0.1, 0.15) is 121 Å². The van der Waals surface area contributed by atoms with Crippen LogP contribution in [-0.4, -0.2) is 5.97 Å². The van der Waals surface area contributed by atoms with Crippen molar-refractivity contribution in [3.8, 4) is 0 Å². The lowest BCUT2D eigenvalue weighted by atomic mass is 9.87. The maximum atomic E-state index is 13.0. The van der Waals surface area contributed by atoms with E-state index in [0.29, 0.717) is 5.92 Å². The third-order valence-corrected chi connectivity index (χ3v) is 7.68. The van der Waals surface area contributed by atoms with Gasteiger partial charge in [-0.3, -0.25) is 10.5 Å². The normalized spacial score (nSPS) is 18.6. The number of unbranched alkanes of at least 4 members (excludes halogenated alkanes) is 5. The summed E-state index contributed by atoms with van der Waals surface area (Å²) in [5.74, 6) is 0.506. The first-order valence-corrected chi connectivity index (χ1v) is 12.9. The Hall–Kier alpha value is -0.870. The number of esters is 1. The zero-order valence-electron chi connectivity index (χ0n) is 19.2. The lowest BCUT2D eigenvalue weighted by Gasteiger charge is -2.36. The molecule has 0 aliphatic heterocycles. The molecule has 0 bridgehead atoms. The van der Waals surface area contributed by atoms with Crippen LogP contribution in [0.5, 0.6) is 0 Å². The first-order chi connectivity index (χ1) is 13.9. The average Bonchev–Trinajstić information content (AvgIpc) is 3.22. The highest BCUT2D eigenvalue weighted by atomic mass is 32.1. The number of ether oxygens (including phenoxy) is 1. The van der Waals surface area contributed by atoms with Crippen LogP contribution in [0, 0.1) is 11.8 Å². The molecule has 0 saturated heterocycles. The van der Waals surface area contributed by atoms with Crippen molar-refractivity contribution in [3.05, 3.63) is 21.9 Å². The van der Waals surface area contributed by atoms with E-state index in [1.165, 1.54) is 44.1 Å². The molecule has 1 saturated carbocycles. The van der Waals surface area contributed by atoms with E-state index < -0.39 is 5.72 Å². The van der Waals surface area contributed by atoms with Gasteiger partial charge in [-0.2, -0.15) is 0 Å². The van der Waals surface area contributed by atoms with Gasteiger partial charge in [0.2, 0.25) is 0 Å². The molecule has 1 heterocycles. The number of carbonyl (C=O) groups is 1. The fraction of sp³-hybridized carbons (Fsp3) is 0.800. The molecule has 4 heteroatoms. The predicted octanol–water partition coefficient (Wildman–Crippen LogP) is 7.49. The minimum absolute atomic E-state index is 0.0254. The minimum Gasteiger partial charge on any atom is -0.438 e. The lowest BCUT2D eigenvalue weighted by Crippen LogP contribution is -2.48. The molecule has 0 spiro atoms. The molecule has 0 radical (unpaired) electrons. The molecule has 2 atom stereocenters. The van der Waals surface area contributed by atoms with Crippen molar-refractivity contribution in [1.29, 1.82) is 0 Å². The van der Waals surface area contributed by atoms with Gasteiger partial charge in [0.05, 0.1) is 10.8 Å². The van der Waals surface area contributed by atoms with Gasteiger partial charge in [0.1, 0.15) is 0 Å². The Morgan fingerprint density at radius 2 is 1.79 bits per heavy atom. The molecular formula is C25H43NO2S. The van der Waals surface area contributed by atoms with E-state index in [0.717, 1.165) is 43.4 Å². The first kappa shape index (κ1) is 24.4. The third-order valence-electron chi connectivity index (χ3n) is 6.60. The van der Waals surface area contributed by atoms with E-state index in [2.05, 4.69) is 39.1 Å². The maximum absolute atomic E-state index is 13.0. The summed E-state index contributed by atoms with van der Waals surface area (Å²) < 4.78 is 6.16. The van der Waals surface area contributed by atoms with Crippen LogP contribution in [-0.2, 0) is 15.3 Å². The highest BCUT2D eigenvalue weighted by Crippen LogP contribution is 2.39. The number of carbonyl (C=O) groups excluding carboxylic acids is 1. The fourth-order valence-electron chi connectivity index (χ4n) is 4.29. The largest absolute Gasteiger partial charge is 0.438 e. The standard InChI is InChI=1S/C25H43NO2S/c1-5-6-7-8-9-11-14-20(4)25(26,23-17-22(18-29-23)19(2)3)28-24(27)21-15-12-10-13-16-21/h17-21H,5-16,26H2,1-4H3. The van der Waals surface area contributed by atoms with Crippen LogP contribution < -0.4 is 5.73 Å². The van der Waals surface area contributed by atoms with Gasteiger partial charge in [-0.25, -0.2) is 0 Å². The highest BCUT2D eigenvalue weighted by Gasteiger charge is 2.41. The van der Waals surface area contributed by atoms with Crippen LogP contribution in [0.25, 0.3) is 0 Å². The number of nitrogens with two attached hydrogens (primary N) is 1. The Kier molecular flexibility index (Phi) is 10.2. The average molecular weight is 422 g/mol. The van der Waals surface area contributed by atoms with Gasteiger partial charge in [-0.15, -0.1) is 11.3 Å². The van der Waals surface area contributed by atoms with Crippen LogP contribution in [0.3, 0.4) is 0 Å². The second-order valence-corrected chi connectivity index (χ2v) is 10.3. The van der Waals surface area contributed by atoms with Gasteiger partial charge < -0.3 is 4.74 Å². The van der Waals surface area contributed by atoms with Crippen molar-refractivity contribution in [3.63, 3.8) is 0 Å². The lowest BCUT2D eigenvalue weighted by molar-refractivity contribution is -0.173. The molecule has 2 N–H and O–H groups in total. The van der Waals surface area contributed by atoms with Gasteiger partial charge in [0.15, 0.2) is 5.72 Å². The fourth-order valence-corrected chi connectivity index (χ4v) is 5.52. The zero-order chi connectivity index (χ0) is 21.3. The molecule has 29 heavy (non-hydrogen) atoms. The Morgan fingerprint density at radius 1 is 1.14 bits per heavy atom. The summed E-state index contributed by atoms with van der Waals surface area (Å²) in [5.41, 5.74) is 7.19. The molecule has 2 rings (SSSR count). The van der Waals surface area contributed by atoms with E-state index >= 15 is 0 Å². The summed E-state index contributed by atoms with van der Waals surface area (Å²) >= 11 is 1.65. The van der Waals surface area contributed by atoms with Gasteiger partial charge in [0.25, 0.3) is 0 Å². The van der Waals surface area contributed by atoms with Crippen LogP contribution in [0.15, 0.2) is 11.4 Å². The van der Waals surface area contributed by atoms with E-state index in [4.69, 9.17) is 10.5 Å². The van der Waals surface area contributed by atoms with E-state index in [9.17, 15) is 4.79 Å². The first-order valence-electron chi connectivity index (χ1n) is 12.0. The van der Waals surface area contributed by atoms with Gasteiger partial charge >= 0.3 is 5.97 Å². The van der Waals surface area contributed by atoms with Crippen molar-refractivity contribution < 1.29 is 9.53 Å². The molecule has 0 aromatic carbocycles. The molecule has 1 fully saturated rings. The maximum Gasteiger partial charge on any atom is 0.310 e. The van der Waals surface area contributed by atoms with E-state index in [1.54, 1.807) is 11.3 Å². The highest BCUT2D eigenvalue weighted by molar-refractivity contribution is 7.10. The second-order valence-electron chi connectivity index (χ2n) is 9.41. The summed E-state index contributed by atoms with van der Waals surface area (Å²) in [5, 5.41) is 2.17. The Morgan fingerprint density at radius 3 is 2.41 bits per heavy atom. The molecule has 1 aliphatic carbocycles. The molecule has 1 aromatic heterocycles. The van der Waals surface area contributed by atoms with E-state index in [1.807, 2.05) is 0 Å². The monoisotopic (exact) mass is 421 g/mol. The van der Waals surface area contributed by atoms with Crippen molar-refractivity contribution in [2.45, 2.75) is 116 Å². The number of hydrogen-bond donors (Lipinski definition) is 1. The minimum atomic E-state index is -1.00. The number of hydrogen-bond acceptors (Lipinski definition) is 4. The second kappa shape index (κ2) is 12.1. The summed E-state index contributed by atoms with van der Waals surface area (Å²) in [6.07, 6.45) is 14.0. The molecular weight excluding hydrogens is 378 g/mol. The molecule has 3 nitrogen and oxygen atoms in total.